The molecule has 0 spiro atoms. The Morgan fingerprint density at radius 3 is 2.44 bits per heavy atom. The number of carbonyl (C=O) groups is 1. The highest BCUT2D eigenvalue weighted by Gasteiger charge is 2.27. The summed E-state index contributed by atoms with van der Waals surface area (Å²) in [6.07, 6.45) is 2.20. The lowest BCUT2D eigenvalue weighted by molar-refractivity contribution is -0.130. The lowest BCUT2D eigenvalue weighted by Crippen LogP contribution is -2.44. The third kappa shape index (κ3) is 4.04. The van der Waals surface area contributed by atoms with Crippen molar-refractivity contribution >= 4 is 5.91 Å². The number of nitrogens with two attached hydrogens (primary N) is 1. The molecule has 0 heterocycles. The first-order valence-electron chi connectivity index (χ1n) is 6.22. The molecule has 0 fully saturated rings. The second-order valence-electron chi connectivity index (χ2n) is 5.04. The molecule has 0 aliphatic rings. The summed E-state index contributed by atoms with van der Waals surface area (Å²) in [6, 6.07) is 7.96. The van der Waals surface area contributed by atoms with E-state index in [9.17, 15) is 4.79 Å². The summed E-state index contributed by atoms with van der Waals surface area (Å²) in [5, 5.41) is 0. The fourth-order valence-electron chi connectivity index (χ4n) is 1.57. The molecule has 0 aromatic heterocycles. The van der Waals surface area contributed by atoms with Crippen molar-refractivity contribution in [1.82, 2.24) is 5.43 Å². The zero-order valence-corrected chi connectivity index (χ0v) is 11.3. The zero-order chi connectivity index (χ0) is 13.6. The van der Waals surface area contributed by atoms with Gasteiger partial charge in [0.1, 0.15) is 12.4 Å². The van der Waals surface area contributed by atoms with E-state index in [-0.39, 0.29) is 5.91 Å². The van der Waals surface area contributed by atoms with Gasteiger partial charge < -0.3 is 4.74 Å². The van der Waals surface area contributed by atoms with Crippen molar-refractivity contribution in [2.24, 2.45) is 11.3 Å². The third-order valence-corrected chi connectivity index (χ3v) is 2.81. The molecule has 1 aromatic carbocycles. The molecule has 4 nitrogen and oxygen atoms in total. The molecule has 0 bridgehead atoms. The minimum Gasteiger partial charge on any atom is -0.492 e. The standard InChI is InChI=1S/C14H22N2O2/c1-4-5-11-6-8-12(9-7-11)18-10-14(2,3)13(17)16-15/h6-9H,4-5,10,15H2,1-3H3,(H,16,17). The second-order valence-corrected chi connectivity index (χ2v) is 5.04. The van der Waals surface area contributed by atoms with Gasteiger partial charge in [0.2, 0.25) is 5.91 Å². The fraction of sp³-hybridized carbons (Fsp3) is 0.500. The number of amides is 1. The van der Waals surface area contributed by atoms with Crippen LogP contribution in [0.25, 0.3) is 0 Å². The Hall–Kier alpha value is -1.55. The molecule has 0 saturated carbocycles. The van der Waals surface area contributed by atoms with Crippen LogP contribution in [0.15, 0.2) is 24.3 Å². The Morgan fingerprint density at radius 2 is 1.94 bits per heavy atom. The van der Waals surface area contributed by atoms with E-state index >= 15 is 0 Å². The first-order valence-corrected chi connectivity index (χ1v) is 6.22. The van der Waals surface area contributed by atoms with Gasteiger partial charge in [-0.05, 0) is 38.0 Å². The van der Waals surface area contributed by atoms with E-state index in [1.165, 1.54) is 5.56 Å². The van der Waals surface area contributed by atoms with Crippen LogP contribution in [0.2, 0.25) is 0 Å². The number of hydrazine groups is 1. The summed E-state index contributed by atoms with van der Waals surface area (Å²) in [5.41, 5.74) is 2.80. The van der Waals surface area contributed by atoms with Crippen molar-refractivity contribution in [3.05, 3.63) is 29.8 Å². The number of benzene rings is 1. The highest BCUT2D eigenvalue weighted by atomic mass is 16.5. The van der Waals surface area contributed by atoms with Gasteiger partial charge in [0.25, 0.3) is 0 Å². The second kappa shape index (κ2) is 6.40. The third-order valence-electron chi connectivity index (χ3n) is 2.81. The molecule has 4 heteroatoms. The van der Waals surface area contributed by atoms with Crippen LogP contribution in [0.1, 0.15) is 32.8 Å². The molecule has 1 amide bonds. The molecule has 0 atom stereocenters. The van der Waals surface area contributed by atoms with E-state index in [0.717, 1.165) is 18.6 Å². The number of hydrogen-bond donors (Lipinski definition) is 2. The van der Waals surface area contributed by atoms with Crippen LogP contribution in [-0.2, 0) is 11.2 Å². The molecule has 0 unspecified atom stereocenters. The Morgan fingerprint density at radius 1 is 1.33 bits per heavy atom. The van der Waals surface area contributed by atoms with Crippen molar-refractivity contribution in [2.45, 2.75) is 33.6 Å². The maximum absolute atomic E-state index is 11.5. The summed E-state index contributed by atoms with van der Waals surface area (Å²) in [7, 11) is 0. The lowest BCUT2D eigenvalue weighted by atomic mass is 9.94. The number of aryl methyl sites for hydroxylation is 1. The van der Waals surface area contributed by atoms with Gasteiger partial charge in [-0.25, -0.2) is 5.84 Å². The van der Waals surface area contributed by atoms with Gasteiger partial charge in [0, 0.05) is 0 Å². The van der Waals surface area contributed by atoms with Gasteiger partial charge in [-0.15, -0.1) is 0 Å². The van der Waals surface area contributed by atoms with Crippen molar-refractivity contribution in [3.63, 3.8) is 0 Å². The monoisotopic (exact) mass is 250 g/mol. The largest absolute Gasteiger partial charge is 0.492 e. The Kier molecular flexibility index (Phi) is 5.16. The topological polar surface area (TPSA) is 64.3 Å². The first-order chi connectivity index (χ1) is 8.49. The molecular weight excluding hydrogens is 228 g/mol. The predicted molar refractivity (Wildman–Crippen MR) is 72.0 cm³/mol. The zero-order valence-electron chi connectivity index (χ0n) is 11.3. The number of rotatable bonds is 6. The Bertz CT molecular complexity index is 385. The normalized spacial score (nSPS) is 11.1. The smallest absolute Gasteiger partial charge is 0.242 e. The van der Waals surface area contributed by atoms with Crippen LogP contribution < -0.4 is 16.0 Å². The Labute approximate surface area is 108 Å². The highest BCUT2D eigenvalue weighted by molar-refractivity contribution is 5.81. The molecule has 0 radical (unpaired) electrons. The fourth-order valence-corrected chi connectivity index (χ4v) is 1.57. The Balaban J connectivity index is 2.55. The van der Waals surface area contributed by atoms with Gasteiger partial charge in [-0.3, -0.25) is 10.2 Å². The minimum absolute atomic E-state index is 0.231. The van der Waals surface area contributed by atoms with E-state index in [1.54, 1.807) is 13.8 Å². The summed E-state index contributed by atoms with van der Waals surface area (Å²) in [4.78, 5) is 11.5. The van der Waals surface area contributed by atoms with Gasteiger partial charge in [0.05, 0.1) is 5.41 Å². The summed E-state index contributed by atoms with van der Waals surface area (Å²) >= 11 is 0. The van der Waals surface area contributed by atoms with Crippen molar-refractivity contribution in [1.29, 1.82) is 0 Å². The summed E-state index contributed by atoms with van der Waals surface area (Å²) < 4.78 is 5.61. The van der Waals surface area contributed by atoms with Crippen LogP contribution in [-0.4, -0.2) is 12.5 Å². The van der Waals surface area contributed by atoms with Crippen LogP contribution in [0.5, 0.6) is 5.75 Å². The van der Waals surface area contributed by atoms with Crippen LogP contribution >= 0.6 is 0 Å². The summed E-state index contributed by atoms with van der Waals surface area (Å²) in [6.45, 7) is 6.03. The minimum atomic E-state index is -0.642. The lowest BCUT2D eigenvalue weighted by Gasteiger charge is -2.22. The van der Waals surface area contributed by atoms with Crippen LogP contribution in [0, 0.1) is 5.41 Å². The maximum atomic E-state index is 11.5. The average molecular weight is 250 g/mol. The SMILES string of the molecule is CCCc1ccc(OCC(C)(C)C(=O)NN)cc1. The van der Waals surface area contributed by atoms with Crippen LogP contribution in [0.3, 0.4) is 0 Å². The molecule has 3 N–H and O–H groups in total. The van der Waals surface area contributed by atoms with E-state index in [1.807, 2.05) is 12.1 Å². The van der Waals surface area contributed by atoms with E-state index in [4.69, 9.17) is 10.6 Å². The number of hydrogen-bond acceptors (Lipinski definition) is 3. The molecule has 1 aromatic rings. The van der Waals surface area contributed by atoms with Gasteiger partial charge >= 0.3 is 0 Å². The average Bonchev–Trinajstić information content (AvgIpc) is 2.37. The molecule has 0 aliphatic heterocycles. The van der Waals surface area contributed by atoms with E-state index < -0.39 is 5.41 Å². The van der Waals surface area contributed by atoms with Gasteiger partial charge in [-0.1, -0.05) is 25.5 Å². The quantitative estimate of drug-likeness (QED) is 0.461. The van der Waals surface area contributed by atoms with Crippen LogP contribution in [0.4, 0.5) is 0 Å². The first kappa shape index (κ1) is 14.5. The van der Waals surface area contributed by atoms with Crippen molar-refractivity contribution < 1.29 is 9.53 Å². The van der Waals surface area contributed by atoms with E-state index in [2.05, 4.69) is 24.5 Å². The van der Waals surface area contributed by atoms with E-state index in [0.29, 0.717) is 6.61 Å². The van der Waals surface area contributed by atoms with Gasteiger partial charge in [-0.2, -0.15) is 0 Å². The molecule has 1 rings (SSSR count). The number of nitrogens with one attached hydrogen (secondary N) is 1. The van der Waals surface area contributed by atoms with Gasteiger partial charge in [0.15, 0.2) is 0 Å². The molecular formula is C14H22N2O2. The molecule has 18 heavy (non-hydrogen) atoms. The molecule has 0 aliphatic carbocycles. The predicted octanol–water partition coefficient (Wildman–Crippen LogP) is 2.03. The maximum Gasteiger partial charge on any atom is 0.242 e. The van der Waals surface area contributed by atoms with Crippen molar-refractivity contribution in [2.75, 3.05) is 6.61 Å². The molecule has 0 saturated heterocycles. The summed E-state index contributed by atoms with van der Waals surface area (Å²) in [5.74, 6) is 5.66. The molecule has 100 valence electrons. The number of ether oxygens (including phenoxy) is 1. The van der Waals surface area contributed by atoms with Crippen molar-refractivity contribution in [3.8, 4) is 5.75 Å². The highest BCUT2D eigenvalue weighted by Crippen LogP contribution is 2.19. The number of carbonyl (C=O) groups excluding carboxylic acids is 1.